The molecule has 0 saturated heterocycles. The van der Waals surface area contributed by atoms with Crippen LogP contribution in [0.5, 0.6) is 0 Å². The number of rotatable bonds is 5. The molecule has 1 rings (SSSR count). The fraction of sp³-hybridized carbons (Fsp3) is 0.308. The minimum Gasteiger partial charge on any atom is -0.342 e. The number of amides is 1. The van der Waals surface area contributed by atoms with E-state index in [2.05, 4.69) is 22.5 Å². The van der Waals surface area contributed by atoms with E-state index in [4.69, 9.17) is 11.6 Å². The zero-order valence-corrected chi connectivity index (χ0v) is 12.1. The summed E-state index contributed by atoms with van der Waals surface area (Å²) in [7, 11) is 1.80. The molecule has 1 aromatic rings. The van der Waals surface area contributed by atoms with Crippen molar-refractivity contribution < 1.29 is 4.79 Å². The van der Waals surface area contributed by atoms with Crippen LogP contribution in [0.15, 0.2) is 35.3 Å². The number of hydrogen-bond donors (Lipinski definition) is 0. The molecule has 2 nitrogen and oxygen atoms in total. The molecule has 4 heteroatoms. The number of hydrogen-bond acceptors (Lipinski definition) is 1. The lowest BCUT2D eigenvalue weighted by atomic mass is 10.2. The lowest BCUT2D eigenvalue weighted by Crippen LogP contribution is -2.27. The first-order valence-electron chi connectivity index (χ1n) is 5.37. The van der Waals surface area contributed by atoms with Gasteiger partial charge in [0.2, 0.25) is 0 Å². The average Bonchev–Trinajstić information content (AvgIpc) is 2.32. The lowest BCUT2D eigenvalue weighted by Gasteiger charge is -2.17. The van der Waals surface area contributed by atoms with Gasteiger partial charge in [0.25, 0.3) is 5.91 Å². The van der Waals surface area contributed by atoms with Crippen LogP contribution in [-0.4, -0.2) is 24.4 Å². The number of nitrogens with zero attached hydrogens (tertiary/aromatic N) is 1. The Morgan fingerprint density at radius 3 is 2.88 bits per heavy atom. The minimum absolute atomic E-state index is 0.00595. The smallest absolute Gasteiger partial charge is 0.253 e. The Hall–Kier alpha value is -0.800. The van der Waals surface area contributed by atoms with Crippen LogP contribution in [0.2, 0.25) is 5.02 Å². The highest BCUT2D eigenvalue weighted by Crippen LogP contribution is 2.23. The Balaban J connectivity index is 2.68. The first-order chi connectivity index (χ1) is 8.06. The van der Waals surface area contributed by atoms with Gasteiger partial charge >= 0.3 is 0 Å². The third-order valence-corrected chi connectivity index (χ3v) is 3.63. The lowest BCUT2D eigenvalue weighted by molar-refractivity contribution is 0.0794. The molecule has 0 aliphatic rings. The van der Waals surface area contributed by atoms with Gasteiger partial charge in [-0.25, -0.2) is 0 Å². The second-order valence-corrected chi connectivity index (χ2v) is 5.05. The number of carbonyl (C=O) groups excluding carboxylic acids is 1. The van der Waals surface area contributed by atoms with Crippen LogP contribution in [0.25, 0.3) is 0 Å². The van der Waals surface area contributed by atoms with Crippen LogP contribution in [0.3, 0.4) is 0 Å². The minimum atomic E-state index is 0.00595. The van der Waals surface area contributed by atoms with Crippen molar-refractivity contribution in [1.82, 2.24) is 4.90 Å². The molecule has 1 aromatic carbocycles. The Kier molecular flexibility index (Phi) is 5.72. The maximum atomic E-state index is 12.0. The highest BCUT2D eigenvalue weighted by atomic mass is 79.9. The van der Waals surface area contributed by atoms with Gasteiger partial charge in [0.1, 0.15) is 0 Å². The number of halogens is 2. The van der Waals surface area contributed by atoms with E-state index in [9.17, 15) is 4.79 Å². The number of allylic oxidation sites excluding steroid dienone is 1. The van der Waals surface area contributed by atoms with Gasteiger partial charge in [0, 0.05) is 23.6 Å². The van der Waals surface area contributed by atoms with Gasteiger partial charge in [-0.1, -0.05) is 17.7 Å². The number of benzene rings is 1. The van der Waals surface area contributed by atoms with Crippen molar-refractivity contribution in [2.24, 2.45) is 0 Å². The Labute approximate surface area is 115 Å². The van der Waals surface area contributed by atoms with Crippen molar-refractivity contribution >= 4 is 33.4 Å². The van der Waals surface area contributed by atoms with E-state index < -0.39 is 0 Å². The molecule has 0 fully saturated rings. The van der Waals surface area contributed by atoms with Crippen LogP contribution in [0.1, 0.15) is 23.2 Å². The highest BCUT2D eigenvalue weighted by Gasteiger charge is 2.12. The molecule has 0 saturated carbocycles. The van der Waals surface area contributed by atoms with Gasteiger partial charge in [-0.15, -0.1) is 6.58 Å². The summed E-state index contributed by atoms with van der Waals surface area (Å²) in [4.78, 5) is 13.7. The SMILES string of the molecule is C=CCCCN(C)C(=O)c1ccc(Cl)c(Br)c1. The van der Waals surface area contributed by atoms with Gasteiger partial charge in [0.15, 0.2) is 0 Å². The molecule has 0 aliphatic carbocycles. The average molecular weight is 317 g/mol. The second-order valence-electron chi connectivity index (χ2n) is 3.79. The molecule has 92 valence electrons. The van der Waals surface area contributed by atoms with Crippen molar-refractivity contribution in [2.75, 3.05) is 13.6 Å². The molecule has 0 radical (unpaired) electrons. The molecule has 0 spiro atoms. The molecule has 0 N–H and O–H groups in total. The Bertz CT molecular complexity index is 420. The Morgan fingerprint density at radius 1 is 1.59 bits per heavy atom. The molecule has 0 heterocycles. The summed E-state index contributed by atoms with van der Waals surface area (Å²) in [5.74, 6) is 0.00595. The second kappa shape index (κ2) is 6.82. The molecule has 0 bridgehead atoms. The summed E-state index contributed by atoms with van der Waals surface area (Å²) in [5.41, 5.74) is 0.641. The first-order valence-corrected chi connectivity index (χ1v) is 6.54. The van der Waals surface area contributed by atoms with Crippen LogP contribution in [0.4, 0.5) is 0 Å². The van der Waals surface area contributed by atoms with Crippen molar-refractivity contribution in [2.45, 2.75) is 12.8 Å². The summed E-state index contributed by atoms with van der Waals surface area (Å²) < 4.78 is 0.740. The Morgan fingerprint density at radius 2 is 2.29 bits per heavy atom. The van der Waals surface area contributed by atoms with E-state index in [1.807, 2.05) is 6.08 Å². The summed E-state index contributed by atoms with van der Waals surface area (Å²) in [6, 6.07) is 5.20. The van der Waals surface area contributed by atoms with Gasteiger partial charge < -0.3 is 4.90 Å². The molecule has 0 aromatic heterocycles. The maximum absolute atomic E-state index is 12.0. The third-order valence-electron chi connectivity index (χ3n) is 2.42. The molecule has 0 unspecified atom stereocenters. The van der Waals surface area contributed by atoms with E-state index in [1.165, 1.54) is 0 Å². The predicted octanol–water partition coefficient (Wildman–Crippen LogP) is 4.14. The summed E-state index contributed by atoms with van der Waals surface area (Å²) in [6.07, 6.45) is 3.71. The van der Waals surface area contributed by atoms with Gasteiger partial charge in [-0.2, -0.15) is 0 Å². The molecule has 1 amide bonds. The zero-order chi connectivity index (χ0) is 12.8. The highest BCUT2D eigenvalue weighted by molar-refractivity contribution is 9.10. The standard InChI is InChI=1S/C13H15BrClNO/c1-3-4-5-8-16(2)13(17)10-6-7-12(15)11(14)9-10/h3,6-7,9H,1,4-5,8H2,2H3. The largest absolute Gasteiger partial charge is 0.342 e. The number of carbonyl (C=O) groups is 1. The van der Waals surface area contributed by atoms with Crippen LogP contribution >= 0.6 is 27.5 Å². The molecular weight excluding hydrogens is 302 g/mol. The van der Waals surface area contributed by atoms with Crippen LogP contribution < -0.4 is 0 Å². The van der Waals surface area contributed by atoms with E-state index in [-0.39, 0.29) is 5.91 Å². The van der Waals surface area contributed by atoms with Crippen molar-refractivity contribution in [1.29, 1.82) is 0 Å². The van der Waals surface area contributed by atoms with Crippen molar-refractivity contribution in [3.63, 3.8) is 0 Å². The van der Waals surface area contributed by atoms with Crippen molar-refractivity contribution in [3.8, 4) is 0 Å². The van der Waals surface area contributed by atoms with Gasteiger partial charge in [-0.05, 0) is 47.0 Å². The topological polar surface area (TPSA) is 20.3 Å². The maximum Gasteiger partial charge on any atom is 0.253 e. The monoisotopic (exact) mass is 315 g/mol. The normalized spacial score (nSPS) is 10.1. The third kappa shape index (κ3) is 4.17. The van der Waals surface area contributed by atoms with E-state index in [0.29, 0.717) is 10.6 Å². The van der Waals surface area contributed by atoms with E-state index in [1.54, 1.807) is 30.1 Å². The van der Waals surface area contributed by atoms with E-state index in [0.717, 1.165) is 23.9 Å². The van der Waals surface area contributed by atoms with E-state index >= 15 is 0 Å². The predicted molar refractivity (Wildman–Crippen MR) is 75.5 cm³/mol. The van der Waals surface area contributed by atoms with Gasteiger partial charge in [-0.3, -0.25) is 4.79 Å². The van der Waals surface area contributed by atoms with Crippen LogP contribution in [0, 0.1) is 0 Å². The molecular formula is C13H15BrClNO. The molecule has 17 heavy (non-hydrogen) atoms. The summed E-state index contributed by atoms with van der Waals surface area (Å²) >= 11 is 9.20. The van der Waals surface area contributed by atoms with Crippen molar-refractivity contribution in [3.05, 3.63) is 45.9 Å². The molecule has 0 atom stereocenters. The fourth-order valence-electron chi connectivity index (χ4n) is 1.42. The summed E-state index contributed by atoms with van der Waals surface area (Å²) in [6.45, 7) is 4.38. The number of unbranched alkanes of at least 4 members (excludes halogenated alkanes) is 1. The fourth-order valence-corrected chi connectivity index (χ4v) is 1.92. The zero-order valence-electron chi connectivity index (χ0n) is 9.75. The quantitative estimate of drug-likeness (QED) is 0.590. The van der Waals surface area contributed by atoms with Crippen LogP contribution in [-0.2, 0) is 0 Å². The first kappa shape index (κ1) is 14.3. The summed E-state index contributed by atoms with van der Waals surface area (Å²) in [5, 5.41) is 0.607. The van der Waals surface area contributed by atoms with Gasteiger partial charge in [0.05, 0.1) is 5.02 Å². The molecule has 0 aliphatic heterocycles.